The Morgan fingerprint density at radius 3 is 1.20 bits per heavy atom. The van der Waals surface area contributed by atoms with Crippen LogP contribution in [0.1, 0.15) is 0 Å². The maximum absolute atomic E-state index is 6.68. The topological polar surface area (TPSA) is 60.0 Å². The molecule has 0 aliphatic carbocycles. The molecule has 15 rings (SSSR count). The summed E-state index contributed by atoms with van der Waals surface area (Å²) in [4.78, 5) is 2.32. The van der Waals surface area contributed by atoms with Gasteiger partial charge in [0.2, 0.25) is 0 Å². The van der Waals surface area contributed by atoms with Crippen LogP contribution in [0, 0.1) is 0 Å². The van der Waals surface area contributed by atoms with E-state index in [2.05, 4.69) is 232 Å². The second-order valence-corrected chi connectivity index (χ2v) is 21.4. The van der Waals surface area contributed by atoms with Gasteiger partial charge in [-0.2, -0.15) is 0 Å². The van der Waals surface area contributed by atoms with Crippen LogP contribution in [0.2, 0.25) is 0 Å². The van der Waals surface area contributed by atoms with Crippen LogP contribution in [0.15, 0.2) is 329 Å². The molecule has 0 aliphatic rings. The van der Waals surface area contributed by atoms with Gasteiger partial charge in [0.25, 0.3) is 0 Å². The lowest BCUT2D eigenvalue weighted by molar-refractivity contribution is 0.488. The number of nitrogens with zero attached hydrogens (tertiary/aromatic N) is 1. The maximum Gasteiger partial charge on any atom is 0.141 e. The van der Waals surface area contributed by atoms with E-state index in [0.29, 0.717) is 0 Å². The van der Waals surface area contributed by atoms with E-state index in [1.165, 1.54) is 0 Å². The molecule has 2 heterocycles. The van der Waals surface area contributed by atoms with Crippen LogP contribution in [-0.4, -0.2) is 0 Å². The molecule has 0 spiro atoms. The molecule has 406 valence electrons. The van der Waals surface area contributed by atoms with Crippen LogP contribution in [-0.2, 0) is 0 Å². The Labute approximate surface area is 501 Å². The number of ether oxygens (including phenoxy) is 2. The highest BCUT2D eigenvalue weighted by Crippen LogP contribution is 2.51. The van der Waals surface area contributed by atoms with E-state index in [9.17, 15) is 0 Å². The summed E-state index contributed by atoms with van der Waals surface area (Å²) in [5.74, 6) is 3.00. The minimum Gasteiger partial charge on any atom is -0.456 e. The molecule has 0 aliphatic heterocycles. The van der Waals surface area contributed by atoms with Crippen molar-refractivity contribution in [2.24, 2.45) is 0 Å². The monoisotopic (exact) mass is 1160 g/mol. The number of benzene rings is 13. The molecule has 0 unspecified atom stereocenters. The van der Waals surface area contributed by atoms with E-state index in [0.717, 1.165) is 144 Å². The van der Waals surface area contributed by atoms with E-state index in [-0.39, 0.29) is 0 Å². The Morgan fingerprint density at radius 1 is 0.318 bits per heavy atom. The Bertz CT molecular complexity index is 4690. The molecule has 6 nitrogen and oxygen atoms in total. The van der Waals surface area contributed by atoms with E-state index in [4.69, 9.17) is 18.3 Å². The van der Waals surface area contributed by atoms with Gasteiger partial charge in [-0.3, -0.25) is 0 Å². The molecule has 0 bridgehead atoms. The largest absolute Gasteiger partial charge is 0.456 e. The third kappa shape index (κ3) is 10.8. The zero-order chi connectivity index (χ0) is 56.9. The lowest BCUT2D eigenvalue weighted by Gasteiger charge is -2.31. The quantitative estimate of drug-likeness (QED) is 0.124. The van der Waals surface area contributed by atoms with Gasteiger partial charge >= 0.3 is 0 Å². The predicted octanol–water partition coefficient (Wildman–Crippen LogP) is 23.4. The predicted molar refractivity (Wildman–Crippen MR) is 354 cm³/mol. The maximum atomic E-state index is 6.68. The number of hydrogen-bond donors (Lipinski definition) is 1. The normalized spacial score (nSPS) is 11.1. The highest BCUT2D eigenvalue weighted by molar-refractivity contribution is 9.10. The number of hydrogen-bond acceptors (Lipinski definition) is 6. The van der Waals surface area contributed by atoms with Crippen molar-refractivity contribution in [2.45, 2.75) is 0 Å². The van der Waals surface area contributed by atoms with Crippen molar-refractivity contribution >= 4 is 88.2 Å². The Kier molecular flexibility index (Phi) is 14.5. The summed E-state index contributed by atoms with van der Waals surface area (Å²) in [7, 11) is 0. The summed E-state index contributed by atoms with van der Waals surface area (Å²) < 4.78 is 27.0. The SMILES string of the molecule is Brc1cccc(N(c2cc(Oc3ccccc3)c3c(c2)oc2ccccc23)c2c(-c3ccccc3)cccc2-c2ccccc2)c1.c1ccc(Oc2cc(Nc3c(-c4ccccc4)cccc3-c3ccccc3)cc3oc4ccccc4c23)cc1. The highest BCUT2D eigenvalue weighted by atomic mass is 79.9. The van der Waals surface area contributed by atoms with Crippen molar-refractivity contribution in [3.8, 4) is 67.5 Å². The molecule has 0 radical (unpaired) electrons. The van der Waals surface area contributed by atoms with E-state index in [1.807, 2.05) is 109 Å². The lowest BCUT2D eigenvalue weighted by Crippen LogP contribution is -2.13. The first-order valence-electron chi connectivity index (χ1n) is 28.2. The lowest BCUT2D eigenvalue weighted by atomic mass is 9.94. The third-order valence-electron chi connectivity index (χ3n) is 15.1. The van der Waals surface area contributed by atoms with Crippen molar-refractivity contribution in [1.29, 1.82) is 0 Å². The van der Waals surface area contributed by atoms with E-state index in [1.54, 1.807) is 0 Å². The molecular formula is C78H53BrN2O4. The van der Waals surface area contributed by atoms with Gasteiger partial charge in [-0.1, -0.05) is 253 Å². The summed E-state index contributed by atoms with van der Waals surface area (Å²) in [6, 6.07) is 108. The van der Waals surface area contributed by atoms with Gasteiger partial charge in [0.05, 0.1) is 27.8 Å². The fraction of sp³-hybridized carbons (Fsp3) is 0. The number of halogens is 1. The van der Waals surface area contributed by atoms with Gasteiger partial charge in [-0.05, 0) is 76.9 Å². The second-order valence-electron chi connectivity index (χ2n) is 20.5. The molecule has 13 aromatic carbocycles. The average molecular weight is 1160 g/mol. The standard InChI is InChI=1S/C42H28BrNO2.C36H25NO2/c43-31-18-12-19-32(26-31)44(42-35(29-14-4-1-5-15-29)23-13-24-36(42)30-16-6-2-7-17-30)33-27-39(45-34-20-8-3-9-21-34)41-37-22-10-11-25-38(37)46-40(41)28-33;1-4-13-25(14-5-1)29-20-12-21-30(26-15-6-2-7-16-26)36(29)37-27-23-33(38-28-17-8-3-9-18-28)35-31-19-10-11-22-32(31)39-34(35)24-27/h1-28H;1-24,37H. The summed E-state index contributed by atoms with van der Waals surface area (Å²) in [5, 5.41) is 7.70. The fourth-order valence-electron chi connectivity index (χ4n) is 11.3. The van der Waals surface area contributed by atoms with Gasteiger partial charge in [-0.15, -0.1) is 0 Å². The molecule has 0 fully saturated rings. The molecule has 1 N–H and O–H groups in total. The summed E-state index contributed by atoms with van der Waals surface area (Å²) in [6.45, 7) is 0. The first-order valence-corrected chi connectivity index (χ1v) is 29.0. The highest BCUT2D eigenvalue weighted by Gasteiger charge is 2.26. The number of fused-ring (bicyclic) bond motifs is 6. The first-order chi connectivity index (χ1) is 42.1. The van der Waals surface area contributed by atoms with Crippen LogP contribution < -0.4 is 19.7 Å². The average Bonchev–Trinajstić information content (AvgIpc) is 2.79. The molecule has 0 saturated carbocycles. The zero-order valence-corrected chi connectivity index (χ0v) is 47.6. The zero-order valence-electron chi connectivity index (χ0n) is 46.0. The number of furan rings is 2. The van der Waals surface area contributed by atoms with E-state index >= 15 is 0 Å². The smallest absolute Gasteiger partial charge is 0.141 e. The van der Waals surface area contributed by atoms with Crippen molar-refractivity contribution in [1.82, 2.24) is 0 Å². The Morgan fingerprint density at radius 2 is 0.718 bits per heavy atom. The summed E-state index contributed by atoms with van der Waals surface area (Å²) in [5.41, 5.74) is 17.0. The molecule has 7 heteroatoms. The Balaban J connectivity index is 0.000000153. The number of rotatable bonds is 13. The van der Waals surface area contributed by atoms with Crippen molar-refractivity contribution in [3.05, 3.63) is 320 Å². The number of para-hydroxylation sites is 6. The van der Waals surface area contributed by atoms with Crippen LogP contribution >= 0.6 is 15.9 Å². The summed E-state index contributed by atoms with van der Waals surface area (Å²) in [6.07, 6.45) is 0. The van der Waals surface area contributed by atoms with Gasteiger partial charge in [-0.25, -0.2) is 0 Å². The second kappa shape index (κ2) is 23.5. The molecular weight excluding hydrogens is 1110 g/mol. The van der Waals surface area contributed by atoms with Crippen molar-refractivity contribution < 1.29 is 18.3 Å². The van der Waals surface area contributed by atoms with Crippen molar-refractivity contribution in [3.63, 3.8) is 0 Å². The number of nitrogens with one attached hydrogen (secondary N) is 1. The van der Waals surface area contributed by atoms with Crippen molar-refractivity contribution in [2.75, 3.05) is 10.2 Å². The van der Waals surface area contributed by atoms with Gasteiger partial charge < -0.3 is 28.5 Å². The third-order valence-corrected chi connectivity index (χ3v) is 15.6. The molecule has 15 aromatic rings. The molecule has 0 amide bonds. The molecule has 2 aromatic heterocycles. The van der Waals surface area contributed by atoms with Gasteiger partial charge in [0.1, 0.15) is 45.3 Å². The van der Waals surface area contributed by atoms with Crippen LogP contribution in [0.5, 0.6) is 23.0 Å². The molecule has 85 heavy (non-hydrogen) atoms. The first kappa shape index (κ1) is 52.2. The van der Waals surface area contributed by atoms with Crippen LogP contribution in [0.3, 0.4) is 0 Å². The summed E-state index contributed by atoms with van der Waals surface area (Å²) >= 11 is 3.75. The Hall–Kier alpha value is -10.9. The van der Waals surface area contributed by atoms with Crippen LogP contribution in [0.4, 0.5) is 28.4 Å². The minimum absolute atomic E-state index is 0.724. The molecule has 0 atom stereocenters. The molecule has 0 saturated heterocycles. The van der Waals surface area contributed by atoms with Crippen LogP contribution in [0.25, 0.3) is 88.4 Å². The van der Waals surface area contributed by atoms with E-state index < -0.39 is 0 Å². The van der Waals surface area contributed by atoms with Gasteiger partial charge in [0, 0.05) is 73.1 Å². The fourth-order valence-corrected chi connectivity index (χ4v) is 11.7. The number of anilines is 5. The van der Waals surface area contributed by atoms with Gasteiger partial charge in [0.15, 0.2) is 0 Å². The minimum atomic E-state index is 0.724.